The molecule has 2 rings (SSSR count). The first-order chi connectivity index (χ1) is 7.69. The summed E-state index contributed by atoms with van der Waals surface area (Å²) in [5.74, 6) is 1.77. The van der Waals surface area contributed by atoms with Gasteiger partial charge in [0.1, 0.15) is 11.6 Å². The molecule has 1 N–H and O–H groups in total. The smallest absolute Gasteiger partial charge is 0.126 e. The molecule has 3 nitrogen and oxygen atoms in total. The summed E-state index contributed by atoms with van der Waals surface area (Å²) in [5, 5.41) is 4.37. The second kappa shape index (κ2) is 4.39. The standard InChI is InChI=1S/C13H16N2O/c1-9(2)14-13-7-4-10-8-11(16-3)5-6-12(10)15-13/h4-9H,1-3H3,(H,14,15). The molecule has 3 heteroatoms. The third-order valence-corrected chi connectivity index (χ3v) is 2.33. The van der Waals surface area contributed by atoms with Crippen LogP contribution in [0.2, 0.25) is 0 Å². The molecule has 0 saturated carbocycles. The zero-order valence-electron chi connectivity index (χ0n) is 9.82. The number of nitrogens with one attached hydrogen (secondary N) is 1. The molecule has 2 aromatic rings. The average Bonchev–Trinajstić information content (AvgIpc) is 2.27. The Morgan fingerprint density at radius 1 is 1.19 bits per heavy atom. The minimum absolute atomic E-state index is 0.392. The summed E-state index contributed by atoms with van der Waals surface area (Å²) in [6.07, 6.45) is 0. The lowest BCUT2D eigenvalue weighted by Crippen LogP contribution is -2.10. The van der Waals surface area contributed by atoms with Crippen molar-refractivity contribution < 1.29 is 4.74 Å². The molecule has 0 aliphatic rings. The normalized spacial score (nSPS) is 10.8. The summed E-state index contributed by atoms with van der Waals surface area (Å²) in [6, 6.07) is 10.3. The first-order valence-electron chi connectivity index (χ1n) is 5.40. The van der Waals surface area contributed by atoms with Crippen LogP contribution < -0.4 is 10.1 Å². The molecule has 1 aromatic heterocycles. The van der Waals surface area contributed by atoms with E-state index in [-0.39, 0.29) is 0 Å². The van der Waals surface area contributed by atoms with Crippen molar-refractivity contribution in [3.63, 3.8) is 0 Å². The quantitative estimate of drug-likeness (QED) is 0.856. The predicted octanol–water partition coefficient (Wildman–Crippen LogP) is 3.06. The number of anilines is 1. The van der Waals surface area contributed by atoms with Gasteiger partial charge in [-0.05, 0) is 44.2 Å². The number of hydrogen-bond acceptors (Lipinski definition) is 3. The Bertz CT molecular complexity index is 494. The monoisotopic (exact) mass is 216 g/mol. The van der Waals surface area contributed by atoms with Crippen LogP contribution in [0.5, 0.6) is 5.75 Å². The van der Waals surface area contributed by atoms with E-state index in [0.717, 1.165) is 22.5 Å². The first kappa shape index (κ1) is 10.7. The molecule has 0 saturated heterocycles. The third-order valence-electron chi connectivity index (χ3n) is 2.33. The predicted molar refractivity (Wildman–Crippen MR) is 67.1 cm³/mol. The summed E-state index contributed by atoms with van der Waals surface area (Å²) < 4.78 is 5.17. The number of pyridine rings is 1. The van der Waals surface area contributed by atoms with Crippen molar-refractivity contribution in [1.29, 1.82) is 0 Å². The summed E-state index contributed by atoms with van der Waals surface area (Å²) >= 11 is 0. The molecule has 0 spiro atoms. The highest BCUT2D eigenvalue weighted by molar-refractivity contribution is 5.81. The lowest BCUT2D eigenvalue weighted by molar-refractivity contribution is 0.415. The van der Waals surface area contributed by atoms with Crippen molar-refractivity contribution in [3.8, 4) is 5.75 Å². The Hall–Kier alpha value is -1.77. The Morgan fingerprint density at radius 3 is 2.69 bits per heavy atom. The number of methoxy groups -OCH3 is 1. The second-order valence-electron chi connectivity index (χ2n) is 4.05. The highest BCUT2D eigenvalue weighted by Gasteiger charge is 2.00. The van der Waals surface area contributed by atoms with Gasteiger partial charge in [0, 0.05) is 11.4 Å². The van der Waals surface area contributed by atoms with Gasteiger partial charge in [-0.2, -0.15) is 0 Å². The molecule has 0 atom stereocenters. The summed E-state index contributed by atoms with van der Waals surface area (Å²) in [4.78, 5) is 4.52. The van der Waals surface area contributed by atoms with E-state index in [2.05, 4.69) is 30.2 Å². The Labute approximate surface area is 95.5 Å². The van der Waals surface area contributed by atoms with Crippen LogP contribution in [0.4, 0.5) is 5.82 Å². The van der Waals surface area contributed by atoms with Crippen LogP contribution >= 0.6 is 0 Å². The lowest BCUT2D eigenvalue weighted by atomic mass is 10.2. The maximum Gasteiger partial charge on any atom is 0.126 e. The SMILES string of the molecule is COc1ccc2nc(NC(C)C)ccc2c1. The largest absolute Gasteiger partial charge is 0.497 e. The van der Waals surface area contributed by atoms with E-state index in [1.54, 1.807) is 7.11 Å². The van der Waals surface area contributed by atoms with Gasteiger partial charge in [-0.3, -0.25) is 0 Å². The van der Waals surface area contributed by atoms with Crippen molar-refractivity contribution in [2.45, 2.75) is 19.9 Å². The molecule has 16 heavy (non-hydrogen) atoms. The van der Waals surface area contributed by atoms with Gasteiger partial charge >= 0.3 is 0 Å². The number of rotatable bonds is 3. The highest BCUT2D eigenvalue weighted by Crippen LogP contribution is 2.21. The molecule has 0 amide bonds. The van der Waals surface area contributed by atoms with Gasteiger partial charge in [-0.25, -0.2) is 4.98 Å². The van der Waals surface area contributed by atoms with E-state index in [1.165, 1.54) is 0 Å². The minimum atomic E-state index is 0.392. The van der Waals surface area contributed by atoms with Crippen molar-refractivity contribution in [1.82, 2.24) is 4.98 Å². The number of aromatic nitrogens is 1. The van der Waals surface area contributed by atoms with Crippen LogP contribution in [0.1, 0.15) is 13.8 Å². The third kappa shape index (κ3) is 2.24. The molecular formula is C13H16N2O. The molecule has 84 valence electrons. The second-order valence-corrected chi connectivity index (χ2v) is 4.05. The number of nitrogens with zero attached hydrogens (tertiary/aromatic N) is 1. The average molecular weight is 216 g/mol. The van der Waals surface area contributed by atoms with Crippen LogP contribution in [0.15, 0.2) is 30.3 Å². The number of fused-ring (bicyclic) bond motifs is 1. The number of ether oxygens (including phenoxy) is 1. The number of benzene rings is 1. The number of hydrogen-bond donors (Lipinski definition) is 1. The van der Waals surface area contributed by atoms with E-state index in [1.807, 2.05) is 24.3 Å². The fourth-order valence-corrected chi connectivity index (χ4v) is 1.61. The topological polar surface area (TPSA) is 34.1 Å². The van der Waals surface area contributed by atoms with Gasteiger partial charge in [0.15, 0.2) is 0 Å². The van der Waals surface area contributed by atoms with Gasteiger partial charge < -0.3 is 10.1 Å². The Morgan fingerprint density at radius 2 is 2.00 bits per heavy atom. The molecule has 0 radical (unpaired) electrons. The Balaban J connectivity index is 2.39. The lowest BCUT2D eigenvalue weighted by Gasteiger charge is -2.09. The summed E-state index contributed by atoms with van der Waals surface area (Å²) in [6.45, 7) is 4.19. The fraction of sp³-hybridized carbons (Fsp3) is 0.308. The maximum atomic E-state index is 5.17. The van der Waals surface area contributed by atoms with Crippen molar-refractivity contribution in [3.05, 3.63) is 30.3 Å². The van der Waals surface area contributed by atoms with E-state index >= 15 is 0 Å². The molecule has 0 fully saturated rings. The van der Waals surface area contributed by atoms with Crippen LogP contribution in [0.3, 0.4) is 0 Å². The molecule has 1 heterocycles. The molecule has 0 aliphatic heterocycles. The van der Waals surface area contributed by atoms with Crippen LogP contribution in [0, 0.1) is 0 Å². The van der Waals surface area contributed by atoms with Gasteiger partial charge in [-0.15, -0.1) is 0 Å². The van der Waals surface area contributed by atoms with Gasteiger partial charge in [0.25, 0.3) is 0 Å². The minimum Gasteiger partial charge on any atom is -0.497 e. The highest BCUT2D eigenvalue weighted by atomic mass is 16.5. The van der Waals surface area contributed by atoms with Crippen LogP contribution in [-0.2, 0) is 0 Å². The van der Waals surface area contributed by atoms with Crippen molar-refractivity contribution in [2.24, 2.45) is 0 Å². The van der Waals surface area contributed by atoms with E-state index in [0.29, 0.717) is 6.04 Å². The van der Waals surface area contributed by atoms with Gasteiger partial charge in [0.2, 0.25) is 0 Å². The van der Waals surface area contributed by atoms with E-state index in [9.17, 15) is 0 Å². The summed E-state index contributed by atoms with van der Waals surface area (Å²) in [7, 11) is 1.67. The molecule has 0 unspecified atom stereocenters. The zero-order valence-corrected chi connectivity index (χ0v) is 9.82. The van der Waals surface area contributed by atoms with Crippen LogP contribution in [-0.4, -0.2) is 18.1 Å². The van der Waals surface area contributed by atoms with E-state index in [4.69, 9.17) is 4.74 Å². The molecule has 1 aromatic carbocycles. The summed E-state index contributed by atoms with van der Waals surface area (Å²) in [5.41, 5.74) is 0.978. The zero-order chi connectivity index (χ0) is 11.5. The van der Waals surface area contributed by atoms with Gasteiger partial charge in [0.05, 0.1) is 12.6 Å². The maximum absolute atomic E-state index is 5.17. The first-order valence-corrected chi connectivity index (χ1v) is 5.40. The molecule has 0 aliphatic carbocycles. The van der Waals surface area contributed by atoms with Crippen molar-refractivity contribution in [2.75, 3.05) is 12.4 Å². The van der Waals surface area contributed by atoms with E-state index < -0.39 is 0 Å². The van der Waals surface area contributed by atoms with Gasteiger partial charge in [-0.1, -0.05) is 0 Å². The van der Waals surface area contributed by atoms with Crippen molar-refractivity contribution >= 4 is 16.7 Å². The fourth-order valence-electron chi connectivity index (χ4n) is 1.61. The Kier molecular flexibility index (Phi) is 2.95. The van der Waals surface area contributed by atoms with Crippen LogP contribution in [0.25, 0.3) is 10.9 Å². The molecular weight excluding hydrogens is 200 g/mol. The molecule has 0 bridgehead atoms.